The van der Waals surface area contributed by atoms with Gasteiger partial charge in [-0.1, -0.05) is 11.6 Å². The smallest absolute Gasteiger partial charge is 0.271 e. The Morgan fingerprint density at radius 2 is 2.24 bits per heavy atom. The summed E-state index contributed by atoms with van der Waals surface area (Å²) >= 11 is 8.96. The summed E-state index contributed by atoms with van der Waals surface area (Å²) in [6.07, 6.45) is 1.23. The average molecular weight is 319 g/mol. The molecule has 0 aliphatic carbocycles. The van der Waals surface area contributed by atoms with E-state index < -0.39 is 5.56 Å². The van der Waals surface area contributed by atoms with Gasteiger partial charge < -0.3 is 10.3 Å². The van der Waals surface area contributed by atoms with Crippen LogP contribution in [0.4, 0.5) is 15.9 Å². The van der Waals surface area contributed by atoms with Crippen LogP contribution in [0, 0.1) is 5.82 Å². The van der Waals surface area contributed by atoms with Gasteiger partial charge in [0.1, 0.15) is 10.8 Å². The molecule has 1 aromatic heterocycles. The molecule has 0 fully saturated rings. The molecule has 0 spiro atoms. The number of rotatable bonds is 2. The largest absolute Gasteiger partial charge is 0.338 e. The third-order valence-corrected chi connectivity index (χ3v) is 2.99. The summed E-state index contributed by atoms with van der Waals surface area (Å²) in [4.78, 5) is 17.5. The maximum absolute atomic E-state index is 12.9. The highest BCUT2D eigenvalue weighted by atomic mass is 79.9. The maximum Gasteiger partial charge on any atom is 0.271 e. The van der Waals surface area contributed by atoms with Crippen LogP contribution in [0.15, 0.2) is 33.8 Å². The second-order valence-corrected chi connectivity index (χ2v) is 4.38. The van der Waals surface area contributed by atoms with Crippen molar-refractivity contribution in [3.05, 3.63) is 50.2 Å². The van der Waals surface area contributed by atoms with Crippen molar-refractivity contribution in [2.24, 2.45) is 0 Å². The molecule has 0 saturated heterocycles. The molecular formula is C10H6BrClFN3O. The lowest BCUT2D eigenvalue weighted by Crippen LogP contribution is -2.09. The van der Waals surface area contributed by atoms with Gasteiger partial charge in [-0.05, 0) is 34.1 Å². The van der Waals surface area contributed by atoms with Crippen LogP contribution >= 0.6 is 27.5 Å². The summed E-state index contributed by atoms with van der Waals surface area (Å²) < 4.78 is 13.4. The molecule has 0 unspecified atom stereocenters. The zero-order valence-corrected chi connectivity index (χ0v) is 10.6. The molecule has 0 aliphatic rings. The Morgan fingerprint density at radius 3 is 2.94 bits per heavy atom. The number of aromatic amines is 1. The van der Waals surface area contributed by atoms with Crippen molar-refractivity contribution < 1.29 is 4.39 Å². The van der Waals surface area contributed by atoms with Crippen LogP contribution in [0.25, 0.3) is 0 Å². The van der Waals surface area contributed by atoms with Gasteiger partial charge in [0.2, 0.25) is 0 Å². The Kier molecular flexibility index (Phi) is 3.44. The van der Waals surface area contributed by atoms with E-state index in [2.05, 4.69) is 31.2 Å². The summed E-state index contributed by atoms with van der Waals surface area (Å²) in [5.74, 6) is -0.157. The van der Waals surface area contributed by atoms with Gasteiger partial charge in [0.15, 0.2) is 5.82 Å². The molecule has 4 nitrogen and oxygen atoms in total. The molecular weight excluding hydrogens is 312 g/mol. The van der Waals surface area contributed by atoms with Crippen molar-refractivity contribution in [3.63, 3.8) is 0 Å². The molecule has 88 valence electrons. The van der Waals surface area contributed by atoms with Crippen molar-refractivity contribution >= 4 is 39.0 Å². The zero-order chi connectivity index (χ0) is 12.4. The van der Waals surface area contributed by atoms with Gasteiger partial charge in [-0.25, -0.2) is 9.37 Å². The Bertz CT molecular complexity index is 617. The van der Waals surface area contributed by atoms with Crippen molar-refractivity contribution in [2.45, 2.75) is 0 Å². The van der Waals surface area contributed by atoms with Gasteiger partial charge in [-0.3, -0.25) is 4.79 Å². The Hall–Kier alpha value is -1.40. The number of aromatic nitrogens is 2. The normalized spacial score (nSPS) is 10.3. The van der Waals surface area contributed by atoms with Crippen LogP contribution in [0.1, 0.15) is 0 Å². The lowest BCUT2D eigenvalue weighted by atomic mass is 10.3. The summed E-state index contributed by atoms with van der Waals surface area (Å²) in [6.45, 7) is 0. The quantitative estimate of drug-likeness (QED) is 0.894. The molecule has 0 bridgehead atoms. The number of H-pyrrole nitrogens is 1. The molecule has 0 amide bonds. The number of hydrogen-bond acceptors (Lipinski definition) is 3. The molecule has 0 radical (unpaired) electrons. The highest BCUT2D eigenvalue weighted by Crippen LogP contribution is 2.27. The molecule has 2 rings (SSSR count). The standard InChI is InChI=1S/C10H6BrClFN3O/c11-6-3-5(13)1-2-7(6)16-9-8(12)10(17)15-4-14-9/h1-4H,(H2,14,15,16,17). The van der Waals surface area contributed by atoms with Crippen molar-refractivity contribution in [1.29, 1.82) is 0 Å². The lowest BCUT2D eigenvalue weighted by molar-refractivity contribution is 0.627. The van der Waals surface area contributed by atoms with E-state index in [0.29, 0.717) is 10.2 Å². The number of nitrogens with zero attached hydrogens (tertiary/aromatic N) is 1. The third kappa shape index (κ3) is 2.65. The first-order valence-corrected chi connectivity index (χ1v) is 5.70. The Morgan fingerprint density at radius 1 is 1.47 bits per heavy atom. The van der Waals surface area contributed by atoms with E-state index in [1.807, 2.05) is 0 Å². The van der Waals surface area contributed by atoms with E-state index in [1.165, 1.54) is 24.5 Å². The molecule has 7 heteroatoms. The minimum absolute atomic E-state index is 0.0521. The topological polar surface area (TPSA) is 57.8 Å². The molecule has 1 aromatic carbocycles. The SMILES string of the molecule is O=c1[nH]cnc(Nc2ccc(F)cc2Br)c1Cl. The van der Waals surface area contributed by atoms with Crippen LogP contribution in [0.2, 0.25) is 5.02 Å². The first-order chi connectivity index (χ1) is 8.08. The van der Waals surface area contributed by atoms with Crippen LogP contribution < -0.4 is 10.9 Å². The van der Waals surface area contributed by atoms with E-state index >= 15 is 0 Å². The van der Waals surface area contributed by atoms with Crippen LogP contribution in [-0.2, 0) is 0 Å². The van der Waals surface area contributed by atoms with Crippen LogP contribution in [0.3, 0.4) is 0 Å². The predicted octanol–water partition coefficient (Wildman–Crippen LogP) is 3.07. The summed E-state index contributed by atoms with van der Waals surface area (Å²) in [6, 6.07) is 4.09. The van der Waals surface area contributed by atoms with E-state index in [1.54, 1.807) is 0 Å². The molecule has 1 heterocycles. The minimum Gasteiger partial charge on any atom is -0.338 e. The van der Waals surface area contributed by atoms with Gasteiger partial charge in [0, 0.05) is 4.47 Å². The highest BCUT2D eigenvalue weighted by molar-refractivity contribution is 9.10. The minimum atomic E-state index is -0.442. The van der Waals surface area contributed by atoms with E-state index in [-0.39, 0.29) is 16.7 Å². The number of benzene rings is 1. The fourth-order valence-corrected chi connectivity index (χ4v) is 1.79. The molecule has 0 saturated carbocycles. The first kappa shape index (κ1) is 12.1. The van der Waals surface area contributed by atoms with Crippen molar-refractivity contribution in [3.8, 4) is 0 Å². The average Bonchev–Trinajstić information content (AvgIpc) is 2.28. The molecule has 2 N–H and O–H groups in total. The van der Waals surface area contributed by atoms with Gasteiger partial charge in [0.05, 0.1) is 12.0 Å². The van der Waals surface area contributed by atoms with Crippen LogP contribution in [-0.4, -0.2) is 9.97 Å². The van der Waals surface area contributed by atoms with Gasteiger partial charge >= 0.3 is 0 Å². The van der Waals surface area contributed by atoms with Crippen LogP contribution in [0.5, 0.6) is 0 Å². The number of hydrogen-bond donors (Lipinski definition) is 2. The fraction of sp³-hybridized carbons (Fsp3) is 0. The monoisotopic (exact) mass is 317 g/mol. The Labute approximate surface area is 109 Å². The predicted molar refractivity (Wildman–Crippen MR) is 67.3 cm³/mol. The molecule has 0 aliphatic heterocycles. The second kappa shape index (κ2) is 4.85. The highest BCUT2D eigenvalue weighted by Gasteiger charge is 2.08. The van der Waals surface area contributed by atoms with E-state index in [4.69, 9.17) is 11.6 Å². The fourth-order valence-electron chi connectivity index (χ4n) is 1.19. The molecule has 2 aromatic rings. The van der Waals surface area contributed by atoms with Gasteiger partial charge in [-0.2, -0.15) is 0 Å². The Balaban J connectivity index is 2.38. The molecule has 17 heavy (non-hydrogen) atoms. The summed E-state index contributed by atoms with van der Waals surface area (Å²) in [7, 11) is 0. The van der Waals surface area contributed by atoms with Crippen molar-refractivity contribution in [1.82, 2.24) is 9.97 Å². The van der Waals surface area contributed by atoms with E-state index in [9.17, 15) is 9.18 Å². The van der Waals surface area contributed by atoms with E-state index in [0.717, 1.165) is 0 Å². The second-order valence-electron chi connectivity index (χ2n) is 3.14. The summed E-state index contributed by atoms with van der Waals surface area (Å²) in [5.41, 5.74) is 0.119. The zero-order valence-electron chi connectivity index (χ0n) is 8.30. The summed E-state index contributed by atoms with van der Waals surface area (Å²) in [5, 5.41) is 2.78. The number of nitrogens with one attached hydrogen (secondary N) is 2. The first-order valence-electron chi connectivity index (χ1n) is 4.53. The third-order valence-electron chi connectivity index (χ3n) is 1.98. The number of halogens is 3. The van der Waals surface area contributed by atoms with Gasteiger partial charge in [-0.15, -0.1) is 0 Å². The van der Waals surface area contributed by atoms with Gasteiger partial charge in [0.25, 0.3) is 5.56 Å². The molecule has 0 atom stereocenters. The number of anilines is 2. The maximum atomic E-state index is 12.9. The lowest BCUT2D eigenvalue weighted by Gasteiger charge is -2.08. The van der Waals surface area contributed by atoms with Crippen molar-refractivity contribution in [2.75, 3.05) is 5.32 Å².